The summed E-state index contributed by atoms with van der Waals surface area (Å²) < 4.78 is 5.57. The van der Waals surface area contributed by atoms with Gasteiger partial charge in [-0.05, 0) is 42.3 Å². The fourth-order valence-corrected chi connectivity index (χ4v) is 2.40. The average molecular weight is 332 g/mol. The van der Waals surface area contributed by atoms with Gasteiger partial charge in [0.05, 0.1) is 5.92 Å². The largest absolute Gasteiger partial charge is 0.481 e. The summed E-state index contributed by atoms with van der Waals surface area (Å²) in [4.78, 5) is 15.3. The maximum atomic E-state index is 11.1. The Hall–Kier alpha value is -2.37. The minimum absolute atomic E-state index is 0.155. The molecule has 0 amide bonds. The normalized spacial score (nSPS) is 13.9. The lowest BCUT2D eigenvalue weighted by Gasteiger charge is -2.06. The van der Waals surface area contributed by atoms with Crippen LogP contribution in [0.15, 0.2) is 46.9 Å². The van der Waals surface area contributed by atoms with Crippen molar-refractivity contribution >= 4 is 28.7 Å². The van der Waals surface area contributed by atoms with Gasteiger partial charge in [-0.25, -0.2) is 4.98 Å². The topological polar surface area (TPSA) is 83.6 Å². The molecule has 0 bridgehead atoms. The standard InChI is InChI=1S/C17H14ClNO4/c1-9(17(21)22)11-4-7-14-13(8-11)19-16(23-14)15(20)10-2-5-12(18)6-3-10/h2-9,15,20H,1H3,(H,21,22). The summed E-state index contributed by atoms with van der Waals surface area (Å²) >= 11 is 5.83. The monoisotopic (exact) mass is 331 g/mol. The van der Waals surface area contributed by atoms with E-state index in [1.807, 2.05) is 0 Å². The van der Waals surface area contributed by atoms with Gasteiger partial charge in [0.2, 0.25) is 5.89 Å². The van der Waals surface area contributed by atoms with Crippen LogP contribution < -0.4 is 0 Å². The summed E-state index contributed by atoms with van der Waals surface area (Å²) in [5.74, 6) is -1.39. The molecule has 0 aliphatic heterocycles. The first-order valence-corrected chi connectivity index (χ1v) is 7.40. The van der Waals surface area contributed by atoms with E-state index in [0.717, 1.165) is 0 Å². The molecule has 1 aromatic heterocycles. The summed E-state index contributed by atoms with van der Waals surface area (Å²) in [6.45, 7) is 1.60. The third-order valence-electron chi connectivity index (χ3n) is 3.72. The zero-order chi connectivity index (χ0) is 16.6. The lowest BCUT2D eigenvalue weighted by Crippen LogP contribution is -2.06. The van der Waals surface area contributed by atoms with Crippen LogP contribution in [0.5, 0.6) is 0 Å². The Morgan fingerprint density at radius 2 is 1.83 bits per heavy atom. The van der Waals surface area contributed by atoms with Gasteiger partial charge in [-0.1, -0.05) is 29.8 Å². The van der Waals surface area contributed by atoms with Crippen molar-refractivity contribution in [2.24, 2.45) is 0 Å². The van der Waals surface area contributed by atoms with Crippen LogP contribution in [0.4, 0.5) is 0 Å². The molecule has 0 aliphatic carbocycles. The summed E-state index contributed by atoms with van der Waals surface area (Å²) in [5.41, 5.74) is 2.25. The van der Waals surface area contributed by atoms with Gasteiger partial charge < -0.3 is 14.6 Å². The highest BCUT2D eigenvalue weighted by Crippen LogP contribution is 2.28. The van der Waals surface area contributed by atoms with Gasteiger partial charge in [-0.2, -0.15) is 0 Å². The average Bonchev–Trinajstić information content (AvgIpc) is 2.97. The molecule has 3 rings (SSSR count). The number of benzene rings is 2. The van der Waals surface area contributed by atoms with Crippen LogP contribution in [-0.4, -0.2) is 21.2 Å². The van der Waals surface area contributed by atoms with Crippen LogP contribution in [-0.2, 0) is 4.79 Å². The first-order valence-electron chi connectivity index (χ1n) is 7.02. The molecule has 23 heavy (non-hydrogen) atoms. The Balaban J connectivity index is 1.96. The van der Waals surface area contributed by atoms with Gasteiger partial charge in [0.1, 0.15) is 5.52 Å². The Labute approximate surface area is 137 Å². The summed E-state index contributed by atoms with van der Waals surface area (Å²) in [6.07, 6.45) is -1.01. The third kappa shape index (κ3) is 3.06. The molecule has 2 N–H and O–H groups in total. The van der Waals surface area contributed by atoms with E-state index in [1.54, 1.807) is 49.4 Å². The van der Waals surface area contributed by atoms with Crippen LogP contribution in [0.3, 0.4) is 0 Å². The molecule has 0 radical (unpaired) electrons. The number of aliphatic hydroxyl groups is 1. The fraction of sp³-hybridized carbons (Fsp3) is 0.176. The molecule has 0 saturated carbocycles. The Morgan fingerprint density at radius 1 is 1.17 bits per heavy atom. The van der Waals surface area contributed by atoms with Crippen molar-refractivity contribution < 1.29 is 19.4 Å². The molecule has 0 saturated heterocycles. The van der Waals surface area contributed by atoms with E-state index in [2.05, 4.69) is 4.98 Å². The second-order valence-electron chi connectivity index (χ2n) is 5.29. The zero-order valence-corrected chi connectivity index (χ0v) is 13.0. The molecule has 0 fully saturated rings. The number of fused-ring (bicyclic) bond motifs is 1. The Bertz CT molecular complexity index is 857. The Morgan fingerprint density at radius 3 is 2.48 bits per heavy atom. The number of hydrogen-bond donors (Lipinski definition) is 2. The highest BCUT2D eigenvalue weighted by atomic mass is 35.5. The maximum absolute atomic E-state index is 11.1. The number of nitrogens with zero attached hydrogens (tertiary/aromatic N) is 1. The van der Waals surface area contributed by atoms with E-state index in [-0.39, 0.29) is 5.89 Å². The van der Waals surface area contributed by atoms with Crippen LogP contribution in [0.2, 0.25) is 5.02 Å². The van der Waals surface area contributed by atoms with Crippen LogP contribution in [0, 0.1) is 0 Å². The van der Waals surface area contributed by atoms with Crippen LogP contribution in [0.25, 0.3) is 11.1 Å². The SMILES string of the molecule is CC(C(=O)O)c1ccc2oc(C(O)c3ccc(Cl)cc3)nc2c1. The van der Waals surface area contributed by atoms with Crippen molar-refractivity contribution in [2.45, 2.75) is 18.9 Å². The second kappa shape index (κ2) is 6.02. The predicted molar refractivity (Wildman–Crippen MR) is 85.6 cm³/mol. The molecule has 5 nitrogen and oxygen atoms in total. The highest BCUT2D eigenvalue weighted by molar-refractivity contribution is 6.30. The first-order chi connectivity index (χ1) is 11.0. The molecule has 6 heteroatoms. The number of rotatable bonds is 4. The van der Waals surface area contributed by atoms with Gasteiger partial charge >= 0.3 is 5.97 Å². The second-order valence-corrected chi connectivity index (χ2v) is 5.73. The number of halogens is 1. The van der Waals surface area contributed by atoms with Gasteiger partial charge in [-0.15, -0.1) is 0 Å². The molecule has 3 aromatic rings. The number of carbonyl (C=O) groups is 1. The van der Waals surface area contributed by atoms with E-state index in [0.29, 0.717) is 27.2 Å². The molecule has 2 aromatic carbocycles. The summed E-state index contributed by atoms with van der Waals surface area (Å²) in [5, 5.41) is 20.0. The number of aliphatic hydroxyl groups excluding tert-OH is 1. The third-order valence-corrected chi connectivity index (χ3v) is 3.97. The van der Waals surface area contributed by atoms with Crippen LogP contribution >= 0.6 is 11.6 Å². The molecule has 2 atom stereocenters. The summed E-state index contributed by atoms with van der Waals surface area (Å²) in [7, 11) is 0. The zero-order valence-electron chi connectivity index (χ0n) is 12.2. The molecule has 1 heterocycles. The lowest BCUT2D eigenvalue weighted by molar-refractivity contribution is -0.138. The van der Waals surface area contributed by atoms with Gasteiger partial charge in [0.25, 0.3) is 0 Å². The number of carboxylic acid groups (broad SMARTS) is 1. The highest BCUT2D eigenvalue weighted by Gasteiger charge is 2.19. The predicted octanol–water partition coefficient (Wildman–Crippen LogP) is 3.75. The lowest BCUT2D eigenvalue weighted by atomic mass is 10.0. The minimum atomic E-state index is -1.01. The Kier molecular flexibility index (Phi) is 4.07. The first kappa shape index (κ1) is 15.5. The van der Waals surface area contributed by atoms with Crippen molar-refractivity contribution in [2.75, 3.05) is 0 Å². The number of hydrogen-bond acceptors (Lipinski definition) is 4. The van der Waals surface area contributed by atoms with Crippen molar-refractivity contribution in [3.63, 3.8) is 0 Å². The maximum Gasteiger partial charge on any atom is 0.310 e. The molecule has 2 unspecified atom stereocenters. The van der Waals surface area contributed by atoms with Gasteiger partial charge in [0, 0.05) is 5.02 Å². The number of oxazole rings is 1. The van der Waals surface area contributed by atoms with E-state index in [9.17, 15) is 9.90 Å². The molecule has 0 spiro atoms. The quantitative estimate of drug-likeness (QED) is 0.760. The fourth-order valence-electron chi connectivity index (χ4n) is 2.28. The van der Waals surface area contributed by atoms with E-state index >= 15 is 0 Å². The molecule has 118 valence electrons. The minimum Gasteiger partial charge on any atom is -0.481 e. The van der Waals surface area contributed by atoms with Crippen LogP contribution in [0.1, 0.15) is 36.0 Å². The van der Waals surface area contributed by atoms with Crippen molar-refractivity contribution in [1.29, 1.82) is 0 Å². The number of carboxylic acids is 1. The van der Waals surface area contributed by atoms with Crippen molar-refractivity contribution in [1.82, 2.24) is 4.98 Å². The van der Waals surface area contributed by atoms with E-state index < -0.39 is 18.0 Å². The van der Waals surface area contributed by atoms with Crippen molar-refractivity contribution in [3.05, 3.63) is 64.5 Å². The van der Waals surface area contributed by atoms with Crippen molar-refractivity contribution in [3.8, 4) is 0 Å². The smallest absolute Gasteiger partial charge is 0.310 e. The molecular weight excluding hydrogens is 318 g/mol. The summed E-state index contributed by atoms with van der Waals surface area (Å²) in [6, 6.07) is 11.8. The number of aliphatic carboxylic acids is 1. The number of aromatic nitrogens is 1. The van der Waals surface area contributed by atoms with Gasteiger partial charge in [0.15, 0.2) is 11.7 Å². The van der Waals surface area contributed by atoms with E-state index in [4.69, 9.17) is 21.1 Å². The van der Waals surface area contributed by atoms with Gasteiger partial charge in [-0.3, -0.25) is 4.79 Å². The van der Waals surface area contributed by atoms with E-state index in [1.165, 1.54) is 0 Å². The molecule has 0 aliphatic rings. The molecular formula is C17H14ClNO4.